The monoisotopic (exact) mass is 504 g/mol. The van der Waals surface area contributed by atoms with Gasteiger partial charge in [-0.15, -0.1) is 0 Å². The lowest BCUT2D eigenvalue weighted by atomic mass is 10.1. The van der Waals surface area contributed by atoms with Gasteiger partial charge in [0.25, 0.3) is 5.69 Å². The van der Waals surface area contributed by atoms with Crippen molar-refractivity contribution in [1.82, 2.24) is 15.5 Å². The van der Waals surface area contributed by atoms with E-state index in [1.54, 1.807) is 0 Å². The fraction of sp³-hybridized carbons (Fsp3) is 0.545. The Morgan fingerprint density at radius 2 is 1.97 bits per heavy atom. The number of hydrogen-bond donors (Lipinski definition) is 6. The van der Waals surface area contributed by atoms with Crippen molar-refractivity contribution in [3.8, 4) is 0 Å². The van der Waals surface area contributed by atoms with E-state index in [4.69, 9.17) is 11.5 Å². The largest absolute Gasteiger partial charge is 0.391 e. The van der Waals surface area contributed by atoms with Crippen LogP contribution >= 0.6 is 0 Å². The van der Waals surface area contributed by atoms with Crippen LogP contribution in [0.25, 0.3) is 0 Å². The number of benzene rings is 1. The summed E-state index contributed by atoms with van der Waals surface area (Å²) < 4.78 is 0. The molecule has 4 atom stereocenters. The number of guanidine groups is 1. The molecular weight excluding hydrogens is 472 g/mol. The van der Waals surface area contributed by atoms with Crippen LogP contribution < -0.4 is 27.4 Å². The predicted molar refractivity (Wildman–Crippen MR) is 131 cm³/mol. The van der Waals surface area contributed by atoms with Crippen molar-refractivity contribution in [1.29, 1.82) is 0 Å². The fourth-order valence-corrected chi connectivity index (χ4v) is 4.36. The van der Waals surface area contributed by atoms with Crippen LogP contribution in [0.4, 0.5) is 11.4 Å². The first-order valence-corrected chi connectivity index (χ1v) is 11.8. The molecule has 1 unspecified atom stereocenters. The van der Waals surface area contributed by atoms with Crippen LogP contribution in [0.2, 0.25) is 0 Å². The molecule has 2 fully saturated rings. The van der Waals surface area contributed by atoms with Gasteiger partial charge in [0.15, 0.2) is 5.96 Å². The van der Waals surface area contributed by atoms with Gasteiger partial charge in [-0.05, 0) is 50.8 Å². The minimum atomic E-state index is -0.963. The lowest BCUT2D eigenvalue weighted by Crippen LogP contribution is -2.55. The summed E-state index contributed by atoms with van der Waals surface area (Å²) in [5, 5.41) is 29.3. The minimum absolute atomic E-state index is 0.0891. The predicted octanol–water partition coefficient (Wildman–Crippen LogP) is -1.21. The third-order valence-corrected chi connectivity index (χ3v) is 6.22. The standard InChI is InChI=1S/C22H32N8O6/c23-22(24)26-10-1-3-15(19(32)27-13-5-7-14(8-6-13)30(35)36)28-20(33)16-4-2-12-29(16)21(34)18-17(31)9-11-25-18/h5-8,15-18,25,31H,1-4,9-12H2,(H,27,32)(H,28,33)(H4,23,24,26)/t15-,16-,17?,18-/m0/s1. The van der Waals surface area contributed by atoms with Gasteiger partial charge in [0.05, 0.1) is 11.0 Å². The van der Waals surface area contributed by atoms with Crippen LogP contribution in [0, 0.1) is 10.1 Å². The second-order valence-electron chi connectivity index (χ2n) is 8.78. The Morgan fingerprint density at radius 1 is 1.25 bits per heavy atom. The first-order chi connectivity index (χ1) is 17.2. The number of aliphatic hydroxyl groups is 1. The summed E-state index contributed by atoms with van der Waals surface area (Å²) in [5.41, 5.74) is 10.9. The zero-order chi connectivity index (χ0) is 26.2. The average Bonchev–Trinajstić information content (AvgIpc) is 3.50. The Kier molecular flexibility index (Phi) is 9.13. The highest BCUT2D eigenvalue weighted by Crippen LogP contribution is 2.22. The molecule has 36 heavy (non-hydrogen) atoms. The summed E-state index contributed by atoms with van der Waals surface area (Å²) in [6.07, 6.45) is 1.31. The molecule has 0 aromatic heterocycles. The maximum Gasteiger partial charge on any atom is 0.269 e. The second-order valence-corrected chi connectivity index (χ2v) is 8.78. The van der Waals surface area contributed by atoms with Crippen LogP contribution in [-0.4, -0.2) is 82.5 Å². The Hall–Kier alpha value is -3.78. The highest BCUT2D eigenvalue weighted by molar-refractivity contribution is 5.98. The van der Waals surface area contributed by atoms with Crippen molar-refractivity contribution in [3.63, 3.8) is 0 Å². The van der Waals surface area contributed by atoms with E-state index in [1.807, 2.05) is 0 Å². The number of aliphatic hydroxyl groups excluding tert-OH is 1. The number of aliphatic imine (C=N–C) groups is 1. The Balaban J connectivity index is 1.68. The number of non-ortho nitro benzene ring substituents is 1. The number of nitrogens with one attached hydrogen (secondary N) is 3. The fourth-order valence-electron chi connectivity index (χ4n) is 4.36. The third-order valence-electron chi connectivity index (χ3n) is 6.22. The van der Waals surface area contributed by atoms with Crippen molar-refractivity contribution < 1.29 is 24.4 Å². The van der Waals surface area contributed by atoms with Gasteiger partial charge in [0.2, 0.25) is 17.7 Å². The summed E-state index contributed by atoms with van der Waals surface area (Å²) in [7, 11) is 0. The molecule has 14 heteroatoms. The van der Waals surface area contributed by atoms with Gasteiger partial charge in [-0.3, -0.25) is 29.5 Å². The molecule has 3 rings (SSSR count). The first-order valence-electron chi connectivity index (χ1n) is 11.8. The first kappa shape index (κ1) is 26.8. The molecule has 0 saturated carbocycles. The molecule has 14 nitrogen and oxygen atoms in total. The second kappa shape index (κ2) is 12.3. The van der Waals surface area contributed by atoms with E-state index in [0.717, 1.165) is 0 Å². The van der Waals surface area contributed by atoms with Crippen LogP contribution in [0.15, 0.2) is 29.3 Å². The number of hydrogen-bond acceptors (Lipinski definition) is 8. The summed E-state index contributed by atoms with van der Waals surface area (Å²) in [6, 6.07) is 2.83. The number of carbonyl (C=O) groups excluding carboxylic acids is 3. The average molecular weight is 505 g/mol. The van der Waals surface area contributed by atoms with Crippen molar-refractivity contribution in [2.24, 2.45) is 16.5 Å². The quantitative estimate of drug-likeness (QED) is 0.0738. The van der Waals surface area contributed by atoms with Crippen molar-refractivity contribution >= 4 is 35.1 Å². The van der Waals surface area contributed by atoms with Crippen molar-refractivity contribution in [2.75, 3.05) is 25.0 Å². The topological polar surface area (TPSA) is 218 Å². The number of carbonyl (C=O) groups is 3. The maximum atomic E-state index is 13.2. The molecule has 3 amide bonds. The van der Waals surface area contributed by atoms with Crippen molar-refractivity contribution in [2.45, 2.75) is 56.3 Å². The van der Waals surface area contributed by atoms with E-state index in [2.05, 4.69) is 20.9 Å². The number of nitrogens with zero attached hydrogens (tertiary/aromatic N) is 3. The van der Waals surface area contributed by atoms with Crippen LogP contribution in [0.1, 0.15) is 32.1 Å². The zero-order valence-electron chi connectivity index (χ0n) is 19.8. The smallest absolute Gasteiger partial charge is 0.269 e. The van der Waals surface area contributed by atoms with Gasteiger partial charge in [-0.2, -0.15) is 0 Å². The molecule has 1 aromatic rings. The normalized spacial score (nSPS) is 22.0. The molecule has 0 spiro atoms. The Labute approximate surface area is 207 Å². The molecule has 8 N–H and O–H groups in total. The lowest BCUT2D eigenvalue weighted by Gasteiger charge is -2.29. The highest BCUT2D eigenvalue weighted by Gasteiger charge is 2.41. The number of nitrogens with two attached hydrogens (primary N) is 2. The number of amides is 3. The zero-order valence-corrected chi connectivity index (χ0v) is 19.8. The number of likely N-dealkylation sites (tertiary alicyclic amines) is 1. The molecule has 1 aromatic carbocycles. The van der Waals surface area contributed by atoms with Crippen molar-refractivity contribution in [3.05, 3.63) is 34.4 Å². The molecule has 0 radical (unpaired) electrons. The summed E-state index contributed by atoms with van der Waals surface area (Å²) in [6.45, 7) is 1.15. The number of anilines is 1. The number of nitro benzene ring substituents is 1. The highest BCUT2D eigenvalue weighted by atomic mass is 16.6. The molecule has 2 aliphatic rings. The van der Waals surface area contributed by atoms with Gasteiger partial charge in [0.1, 0.15) is 18.1 Å². The van der Waals surface area contributed by atoms with E-state index < -0.39 is 41.0 Å². The third kappa shape index (κ3) is 6.88. The Morgan fingerprint density at radius 3 is 2.58 bits per heavy atom. The number of rotatable bonds is 10. The molecule has 2 saturated heterocycles. The van der Waals surface area contributed by atoms with Gasteiger partial charge < -0.3 is 37.4 Å². The summed E-state index contributed by atoms with van der Waals surface area (Å²) in [5.74, 6) is -1.42. The van der Waals surface area contributed by atoms with Gasteiger partial charge in [0, 0.05) is 30.9 Å². The molecular formula is C22H32N8O6. The van der Waals surface area contributed by atoms with Crippen LogP contribution in [0.5, 0.6) is 0 Å². The molecule has 0 aliphatic carbocycles. The van der Waals surface area contributed by atoms with E-state index in [9.17, 15) is 29.6 Å². The van der Waals surface area contributed by atoms with Crippen LogP contribution in [-0.2, 0) is 14.4 Å². The maximum absolute atomic E-state index is 13.2. The van der Waals surface area contributed by atoms with Gasteiger partial charge in [-0.25, -0.2) is 0 Å². The summed E-state index contributed by atoms with van der Waals surface area (Å²) in [4.78, 5) is 54.8. The molecule has 2 heterocycles. The molecule has 196 valence electrons. The summed E-state index contributed by atoms with van der Waals surface area (Å²) >= 11 is 0. The lowest BCUT2D eigenvalue weighted by molar-refractivity contribution is -0.384. The van der Waals surface area contributed by atoms with Crippen LogP contribution in [0.3, 0.4) is 0 Å². The SMILES string of the molecule is NC(N)=NCCC[C@H](NC(=O)[C@@H]1CCCN1C(=O)[C@H]1NCCC1O)C(=O)Nc1ccc([N+](=O)[O-])cc1. The minimum Gasteiger partial charge on any atom is -0.391 e. The van der Waals surface area contributed by atoms with E-state index in [-0.39, 0.29) is 30.5 Å². The molecule has 0 bridgehead atoms. The van der Waals surface area contributed by atoms with E-state index >= 15 is 0 Å². The Bertz CT molecular complexity index is 997. The molecule has 2 aliphatic heterocycles. The van der Waals surface area contributed by atoms with E-state index in [1.165, 1.54) is 29.2 Å². The number of nitro groups is 1. The van der Waals surface area contributed by atoms with E-state index in [0.29, 0.717) is 44.5 Å². The van der Waals surface area contributed by atoms with Gasteiger partial charge >= 0.3 is 0 Å². The van der Waals surface area contributed by atoms with Gasteiger partial charge in [-0.1, -0.05) is 0 Å².